The standard InChI is InChI=1S/C8H18N2OS/c1-8(2,3)12-6-4-5-7(11)10-9/h4-6,9H2,1-3H3,(H,10,11). The van der Waals surface area contributed by atoms with E-state index >= 15 is 0 Å². The highest BCUT2D eigenvalue weighted by Crippen LogP contribution is 2.23. The van der Waals surface area contributed by atoms with Crippen LogP contribution in [0.5, 0.6) is 0 Å². The molecule has 0 aromatic carbocycles. The van der Waals surface area contributed by atoms with Crippen LogP contribution in [0.25, 0.3) is 0 Å². The average molecular weight is 190 g/mol. The first-order valence-electron chi connectivity index (χ1n) is 4.09. The van der Waals surface area contributed by atoms with Gasteiger partial charge in [0.2, 0.25) is 5.91 Å². The van der Waals surface area contributed by atoms with Gasteiger partial charge < -0.3 is 0 Å². The van der Waals surface area contributed by atoms with Crippen LogP contribution in [0.2, 0.25) is 0 Å². The van der Waals surface area contributed by atoms with Gasteiger partial charge >= 0.3 is 0 Å². The molecule has 3 nitrogen and oxygen atoms in total. The first-order chi connectivity index (χ1) is 5.45. The van der Waals surface area contributed by atoms with Crippen LogP contribution in [0.1, 0.15) is 33.6 Å². The second kappa shape index (κ2) is 5.43. The number of hydrogen-bond acceptors (Lipinski definition) is 3. The van der Waals surface area contributed by atoms with Gasteiger partial charge in [-0.05, 0) is 12.2 Å². The SMILES string of the molecule is CC(C)(C)SCCCC(=O)NN. The van der Waals surface area contributed by atoms with Crippen molar-refractivity contribution in [3.05, 3.63) is 0 Å². The molecule has 0 aromatic rings. The Labute approximate surface area is 78.4 Å². The summed E-state index contributed by atoms with van der Waals surface area (Å²) in [7, 11) is 0. The number of amides is 1. The minimum atomic E-state index is -0.0792. The zero-order chi connectivity index (χ0) is 9.61. The van der Waals surface area contributed by atoms with E-state index in [1.54, 1.807) is 0 Å². The van der Waals surface area contributed by atoms with Crippen molar-refractivity contribution in [2.24, 2.45) is 5.84 Å². The lowest BCUT2D eigenvalue weighted by atomic mass is 10.3. The van der Waals surface area contributed by atoms with E-state index in [1.807, 2.05) is 11.8 Å². The summed E-state index contributed by atoms with van der Waals surface area (Å²) in [5.41, 5.74) is 2.11. The fourth-order valence-corrected chi connectivity index (χ4v) is 1.58. The molecule has 4 heteroatoms. The summed E-state index contributed by atoms with van der Waals surface area (Å²) in [5.74, 6) is 5.87. The van der Waals surface area contributed by atoms with Crippen molar-refractivity contribution in [3.63, 3.8) is 0 Å². The molecule has 0 aliphatic heterocycles. The fraction of sp³-hybridized carbons (Fsp3) is 0.875. The number of hydrazine groups is 1. The number of rotatable bonds is 4. The van der Waals surface area contributed by atoms with Gasteiger partial charge in [-0.15, -0.1) is 0 Å². The van der Waals surface area contributed by atoms with E-state index in [0.29, 0.717) is 11.2 Å². The highest BCUT2D eigenvalue weighted by atomic mass is 32.2. The summed E-state index contributed by atoms with van der Waals surface area (Å²) in [6, 6.07) is 0. The van der Waals surface area contributed by atoms with Gasteiger partial charge in [-0.1, -0.05) is 20.8 Å². The maximum absolute atomic E-state index is 10.7. The van der Waals surface area contributed by atoms with Crippen LogP contribution in [0.3, 0.4) is 0 Å². The molecule has 0 saturated carbocycles. The number of carbonyl (C=O) groups is 1. The van der Waals surface area contributed by atoms with Gasteiger partial charge in [0, 0.05) is 11.2 Å². The Morgan fingerprint density at radius 2 is 2.08 bits per heavy atom. The molecule has 0 aliphatic rings. The van der Waals surface area contributed by atoms with Crippen LogP contribution >= 0.6 is 11.8 Å². The molecule has 3 N–H and O–H groups in total. The Hall–Kier alpha value is -0.220. The van der Waals surface area contributed by atoms with Gasteiger partial charge in [0.15, 0.2) is 0 Å². The second-order valence-corrected chi connectivity index (χ2v) is 5.55. The third-order valence-electron chi connectivity index (χ3n) is 1.24. The zero-order valence-corrected chi connectivity index (χ0v) is 8.83. The van der Waals surface area contributed by atoms with Gasteiger partial charge in [-0.3, -0.25) is 10.2 Å². The monoisotopic (exact) mass is 190 g/mol. The number of carbonyl (C=O) groups excluding carboxylic acids is 1. The Balaban J connectivity index is 3.28. The summed E-state index contributed by atoms with van der Waals surface area (Å²) >= 11 is 1.87. The van der Waals surface area contributed by atoms with Crippen LogP contribution in [0.4, 0.5) is 0 Å². The maximum atomic E-state index is 10.7. The lowest BCUT2D eigenvalue weighted by molar-refractivity contribution is -0.121. The van der Waals surface area contributed by atoms with Crippen molar-refractivity contribution in [2.45, 2.75) is 38.4 Å². The summed E-state index contributed by atoms with van der Waals surface area (Å²) in [4.78, 5) is 10.7. The van der Waals surface area contributed by atoms with Crippen molar-refractivity contribution in [1.29, 1.82) is 0 Å². The minimum Gasteiger partial charge on any atom is -0.294 e. The molecular weight excluding hydrogens is 172 g/mol. The third-order valence-corrected chi connectivity index (χ3v) is 2.60. The number of thioether (sulfide) groups is 1. The average Bonchev–Trinajstić information content (AvgIpc) is 1.96. The van der Waals surface area contributed by atoms with Gasteiger partial charge in [0.25, 0.3) is 0 Å². The third kappa shape index (κ3) is 7.88. The fourth-order valence-electron chi connectivity index (χ4n) is 0.683. The van der Waals surface area contributed by atoms with Crippen LogP contribution in [0.15, 0.2) is 0 Å². The smallest absolute Gasteiger partial charge is 0.233 e. The van der Waals surface area contributed by atoms with E-state index in [1.165, 1.54) is 0 Å². The number of nitrogens with one attached hydrogen (secondary N) is 1. The maximum Gasteiger partial charge on any atom is 0.233 e. The lowest BCUT2D eigenvalue weighted by Crippen LogP contribution is -2.29. The number of hydrogen-bond donors (Lipinski definition) is 2. The van der Waals surface area contributed by atoms with Crippen molar-refractivity contribution in [2.75, 3.05) is 5.75 Å². The molecule has 0 spiro atoms. The quantitative estimate of drug-likeness (QED) is 0.304. The molecule has 0 atom stereocenters. The van der Waals surface area contributed by atoms with Gasteiger partial charge in [0.05, 0.1) is 0 Å². The zero-order valence-electron chi connectivity index (χ0n) is 8.02. The summed E-state index contributed by atoms with van der Waals surface area (Å²) in [5, 5.41) is 0. The molecule has 0 aliphatic carbocycles. The molecule has 0 bridgehead atoms. The molecule has 0 radical (unpaired) electrons. The van der Waals surface area contributed by atoms with Crippen molar-refractivity contribution >= 4 is 17.7 Å². The van der Waals surface area contributed by atoms with E-state index in [2.05, 4.69) is 26.2 Å². The van der Waals surface area contributed by atoms with E-state index in [-0.39, 0.29) is 5.91 Å². The molecule has 0 unspecified atom stereocenters. The molecule has 12 heavy (non-hydrogen) atoms. The summed E-state index contributed by atoms with van der Waals surface area (Å²) in [6.45, 7) is 6.50. The van der Waals surface area contributed by atoms with Crippen molar-refractivity contribution in [1.82, 2.24) is 5.43 Å². The molecule has 0 heterocycles. The van der Waals surface area contributed by atoms with Crippen LogP contribution in [0, 0.1) is 0 Å². The first-order valence-corrected chi connectivity index (χ1v) is 5.07. The minimum absolute atomic E-state index is 0.0792. The topological polar surface area (TPSA) is 55.1 Å². The van der Waals surface area contributed by atoms with Crippen LogP contribution in [-0.4, -0.2) is 16.4 Å². The van der Waals surface area contributed by atoms with Crippen LogP contribution < -0.4 is 11.3 Å². The lowest BCUT2D eigenvalue weighted by Gasteiger charge is -2.16. The van der Waals surface area contributed by atoms with Gasteiger partial charge in [-0.25, -0.2) is 5.84 Å². The molecular formula is C8H18N2OS. The largest absolute Gasteiger partial charge is 0.294 e. The molecule has 0 fully saturated rings. The normalized spacial score (nSPS) is 11.3. The second-order valence-electron chi connectivity index (χ2n) is 3.63. The molecule has 0 rings (SSSR count). The Bertz CT molecular complexity index is 142. The van der Waals surface area contributed by atoms with Gasteiger partial charge in [-0.2, -0.15) is 11.8 Å². The molecule has 0 saturated heterocycles. The predicted octanol–water partition coefficient (Wildman–Crippen LogP) is 1.29. The predicted molar refractivity (Wildman–Crippen MR) is 53.8 cm³/mol. The van der Waals surface area contributed by atoms with E-state index in [0.717, 1.165) is 12.2 Å². The van der Waals surface area contributed by atoms with E-state index in [9.17, 15) is 4.79 Å². The Morgan fingerprint density at radius 1 is 1.50 bits per heavy atom. The summed E-state index contributed by atoms with van der Waals surface area (Å²) < 4.78 is 0.291. The van der Waals surface area contributed by atoms with E-state index in [4.69, 9.17) is 5.84 Å². The highest BCUT2D eigenvalue weighted by Gasteiger charge is 2.09. The molecule has 1 amide bonds. The summed E-state index contributed by atoms with van der Waals surface area (Å²) in [6.07, 6.45) is 1.42. The first kappa shape index (κ1) is 11.8. The van der Waals surface area contributed by atoms with Crippen LogP contribution in [-0.2, 0) is 4.79 Å². The Morgan fingerprint density at radius 3 is 2.50 bits per heavy atom. The molecule has 72 valence electrons. The van der Waals surface area contributed by atoms with Crippen molar-refractivity contribution in [3.8, 4) is 0 Å². The van der Waals surface area contributed by atoms with Gasteiger partial charge in [0.1, 0.15) is 0 Å². The van der Waals surface area contributed by atoms with Crippen molar-refractivity contribution < 1.29 is 4.79 Å². The highest BCUT2D eigenvalue weighted by molar-refractivity contribution is 8.00. The number of nitrogens with two attached hydrogens (primary N) is 1. The molecule has 0 aromatic heterocycles. The Kier molecular flexibility index (Phi) is 5.33. The van der Waals surface area contributed by atoms with E-state index < -0.39 is 0 Å².